The average molecular weight is 396 g/mol. The van der Waals surface area contributed by atoms with Crippen molar-refractivity contribution < 1.29 is 37.1 Å². The van der Waals surface area contributed by atoms with E-state index in [0.29, 0.717) is 5.69 Å². The van der Waals surface area contributed by atoms with Gasteiger partial charge in [0.05, 0.1) is 25.6 Å². The Kier molecular flexibility index (Phi) is 5.12. The minimum atomic E-state index is -4.77. The molecule has 2 aromatic rings. The lowest BCUT2D eigenvalue weighted by Gasteiger charge is -2.18. The average Bonchev–Trinajstić information content (AvgIpc) is 3.18. The molecular formula is C18H15F3N2O5. The molecule has 0 aliphatic carbocycles. The molecule has 28 heavy (non-hydrogen) atoms. The van der Waals surface area contributed by atoms with Crippen LogP contribution >= 0.6 is 0 Å². The zero-order valence-electron chi connectivity index (χ0n) is 14.3. The van der Waals surface area contributed by atoms with Gasteiger partial charge < -0.3 is 19.7 Å². The zero-order chi connectivity index (χ0) is 20.5. The van der Waals surface area contributed by atoms with Gasteiger partial charge in [0, 0.05) is 11.3 Å². The monoisotopic (exact) mass is 396 g/mol. The smallest absolute Gasteiger partial charge is 0.391 e. The lowest BCUT2D eigenvalue weighted by atomic mass is 10.1. The van der Waals surface area contributed by atoms with Crippen molar-refractivity contribution >= 4 is 23.5 Å². The Morgan fingerprint density at radius 3 is 2.64 bits per heavy atom. The number of hydrogen-bond acceptors (Lipinski definition) is 4. The molecule has 3 rings (SSSR count). The van der Waals surface area contributed by atoms with Crippen molar-refractivity contribution in [1.82, 2.24) is 5.32 Å². The molecule has 148 valence electrons. The van der Waals surface area contributed by atoms with E-state index in [1.54, 1.807) is 24.3 Å². The Bertz CT molecular complexity index is 922. The van der Waals surface area contributed by atoms with Crippen molar-refractivity contribution in [3.63, 3.8) is 0 Å². The predicted molar refractivity (Wildman–Crippen MR) is 89.6 cm³/mol. The van der Waals surface area contributed by atoms with Crippen molar-refractivity contribution in [2.75, 3.05) is 4.90 Å². The van der Waals surface area contributed by atoms with E-state index in [9.17, 15) is 27.6 Å². The molecule has 1 aromatic carbocycles. The highest BCUT2D eigenvalue weighted by atomic mass is 19.4. The van der Waals surface area contributed by atoms with E-state index in [1.807, 2.05) is 5.32 Å². The normalized spacial score (nSPS) is 14.7. The highest BCUT2D eigenvalue weighted by Gasteiger charge is 2.37. The topological polar surface area (TPSA) is 99.8 Å². The van der Waals surface area contributed by atoms with Crippen LogP contribution in [0.2, 0.25) is 0 Å². The fourth-order valence-electron chi connectivity index (χ4n) is 2.97. The highest BCUT2D eigenvalue weighted by molar-refractivity contribution is 6.02. The SMILES string of the molecule is O=C(NC(CC(F)(F)F)C(=O)O)c1occc1CN1C(=O)Cc2ccccc21. The summed E-state index contributed by atoms with van der Waals surface area (Å²) in [4.78, 5) is 37.0. The third-order valence-electron chi connectivity index (χ3n) is 4.25. The summed E-state index contributed by atoms with van der Waals surface area (Å²) in [5.74, 6) is -3.46. The Labute approximate surface area is 156 Å². The summed E-state index contributed by atoms with van der Waals surface area (Å²) in [6, 6.07) is 6.33. The Balaban J connectivity index is 1.77. The second-order valence-electron chi connectivity index (χ2n) is 6.24. The van der Waals surface area contributed by atoms with E-state index in [2.05, 4.69) is 0 Å². The van der Waals surface area contributed by atoms with Crippen molar-refractivity contribution in [3.8, 4) is 0 Å². The molecule has 2 N–H and O–H groups in total. The molecular weight excluding hydrogens is 381 g/mol. The number of carboxylic acids is 1. The van der Waals surface area contributed by atoms with Crippen molar-refractivity contribution in [3.05, 3.63) is 53.5 Å². The predicted octanol–water partition coefficient (Wildman–Crippen LogP) is 2.50. The third-order valence-corrected chi connectivity index (χ3v) is 4.25. The summed E-state index contributed by atoms with van der Waals surface area (Å²) >= 11 is 0. The van der Waals surface area contributed by atoms with Crippen LogP contribution in [0, 0.1) is 0 Å². The van der Waals surface area contributed by atoms with Crippen LogP contribution in [0.25, 0.3) is 0 Å². The molecule has 0 fully saturated rings. The van der Waals surface area contributed by atoms with Gasteiger partial charge in [0.2, 0.25) is 5.91 Å². The number of aliphatic carboxylic acids is 1. The number of benzene rings is 1. The van der Waals surface area contributed by atoms with Crippen LogP contribution in [0.5, 0.6) is 0 Å². The molecule has 0 radical (unpaired) electrons. The van der Waals surface area contributed by atoms with E-state index >= 15 is 0 Å². The molecule has 0 bridgehead atoms. The van der Waals surface area contributed by atoms with Crippen molar-refractivity contribution in [2.45, 2.75) is 31.6 Å². The molecule has 2 amide bonds. The van der Waals surface area contributed by atoms with Gasteiger partial charge in [0.15, 0.2) is 5.76 Å². The van der Waals surface area contributed by atoms with E-state index in [4.69, 9.17) is 9.52 Å². The fraction of sp³-hybridized carbons (Fsp3) is 0.278. The maximum Gasteiger partial charge on any atom is 0.391 e. The minimum Gasteiger partial charge on any atom is -0.480 e. The van der Waals surface area contributed by atoms with Crippen LogP contribution in [-0.4, -0.2) is 35.1 Å². The molecule has 0 spiro atoms. The second kappa shape index (κ2) is 7.37. The highest BCUT2D eigenvalue weighted by Crippen LogP contribution is 2.30. The number of para-hydroxylation sites is 1. The molecule has 0 saturated heterocycles. The number of furan rings is 1. The standard InChI is InChI=1S/C18H15F3N2O5/c19-18(20,21)8-12(17(26)27)22-16(25)15-11(5-6-28-15)9-23-13-4-2-1-3-10(13)7-14(23)24/h1-6,12H,7-9H2,(H,22,25)(H,26,27). The summed E-state index contributed by atoms with van der Waals surface area (Å²) in [6.45, 7) is -0.0356. The number of amides is 2. The largest absolute Gasteiger partial charge is 0.480 e. The Morgan fingerprint density at radius 1 is 1.25 bits per heavy atom. The number of rotatable bonds is 6. The molecule has 2 heterocycles. The van der Waals surface area contributed by atoms with Gasteiger partial charge in [0.25, 0.3) is 5.91 Å². The first kappa shape index (κ1) is 19.5. The summed E-state index contributed by atoms with van der Waals surface area (Å²) in [5, 5.41) is 10.7. The molecule has 1 unspecified atom stereocenters. The molecule has 1 aliphatic heterocycles. The Morgan fingerprint density at radius 2 is 1.96 bits per heavy atom. The van der Waals surface area contributed by atoms with Crippen LogP contribution in [0.15, 0.2) is 41.0 Å². The van der Waals surface area contributed by atoms with Crippen LogP contribution in [0.4, 0.5) is 18.9 Å². The number of anilines is 1. The zero-order valence-corrected chi connectivity index (χ0v) is 14.3. The number of carbonyl (C=O) groups is 3. The maximum absolute atomic E-state index is 12.5. The van der Waals surface area contributed by atoms with Gasteiger partial charge in [-0.3, -0.25) is 9.59 Å². The van der Waals surface area contributed by atoms with Crippen LogP contribution < -0.4 is 10.2 Å². The molecule has 7 nitrogen and oxygen atoms in total. The van der Waals surface area contributed by atoms with E-state index in [-0.39, 0.29) is 30.2 Å². The molecule has 0 saturated carbocycles. The van der Waals surface area contributed by atoms with Gasteiger partial charge in [-0.25, -0.2) is 4.79 Å². The summed E-state index contributed by atoms with van der Waals surface area (Å²) in [7, 11) is 0. The second-order valence-corrected chi connectivity index (χ2v) is 6.24. The van der Waals surface area contributed by atoms with Gasteiger partial charge in [0.1, 0.15) is 6.04 Å². The molecule has 1 atom stereocenters. The van der Waals surface area contributed by atoms with Crippen molar-refractivity contribution in [2.24, 2.45) is 0 Å². The van der Waals surface area contributed by atoms with E-state index < -0.39 is 30.5 Å². The molecule has 1 aromatic heterocycles. The van der Waals surface area contributed by atoms with Gasteiger partial charge in [-0.2, -0.15) is 13.2 Å². The van der Waals surface area contributed by atoms with Crippen LogP contribution in [0.1, 0.15) is 28.1 Å². The first-order valence-corrected chi connectivity index (χ1v) is 8.21. The number of nitrogens with one attached hydrogen (secondary N) is 1. The number of carbonyl (C=O) groups excluding carboxylic acids is 2. The number of nitrogens with zero attached hydrogens (tertiary/aromatic N) is 1. The van der Waals surface area contributed by atoms with Crippen LogP contribution in [-0.2, 0) is 22.6 Å². The Hall–Kier alpha value is -3.30. The van der Waals surface area contributed by atoms with E-state index in [0.717, 1.165) is 11.8 Å². The van der Waals surface area contributed by atoms with Gasteiger partial charge in [-0.05, 0) is 17.7 Å². The first-order chi connectivity index (χ1) is 13.2. The number of carboxylic acid groups (broad SMARTS) is 1. The number of hydrogen-bond donors (Lipinski definition) is 2. The molecule has 10 heteroatoms. The summed E-state index contributed by atoms with van der Waals surface area (Å²) < 4.78 is 42.6. The van der Waals surface area contributed by atoms with Gasteiger partial charge in [-0.15, -0.1) is 0 Å². The quantitative estimate of drug-likeness (QED) is 0.782. The lowest BCUT2D eigenvalue weighted by molar-refractivity contribution is -0.157. The third kappa shape index (κ3) is 4.16. The number of alkyl halides is 3. The lowest BCUT2D eigenvalue weighted by Crippen LogP contribution is -2.43. The number of halogens is 3. The van der Waals surface area contributed by atoms with Crippen LogP contribution in [0.3, 0.4) is 0 Å². The van der Waals surface area contributed by atoms with Crippen molar-refractivity contribution in [1.29, 1.82) is 0 Å². The maximum atomic E-state index is 12.5. The minimum absolute atomic E-state index is 0.0356. The first-order valence-electron chi connectivity index (χ1n) is 8.21. The fourth-order valence-corrected chi connectivity index (χ4v) is 2.97. The van der Waals surface area contributed by atoms with Gasteiger partial charge >= 0.3 is 12.1 Å². The number of fused-ring (bicyclic) bond motifs is 1. The summed E-state index contributed by atoms with van der Waals surface area (Å²) in [6.07, 6.45) is -5.14. The van der Waals surface area contributed by atoms with Gasteiger partial charge in [-0.1, -0.05) is 18.2 Å². The summed E-state index contributed by atoms with van der Waals surface area (Å²) in [5.41, 5.74) is 1.73. The molecule has 1 aliphatic rings. The van der Waals surface area contributed by atoms with E-state index in [1.165, 1.54) is 11.0 Å².